The van der Waals surface area contributed by atoms with Crippen LogP contribution >= 0.6 is 0 Å². The minimum absolute atomic E-state index is 0.0479. The first kappa shape index (κ1) is 16.8. The second kappa shape index (κ2) is 6.69. The maximum absolute atomic E-state index is 12.8. The zero-order valence-corrected chi connectivity index (χ0v) is 12.7. The molecule has 0 saturated carbocycles. The van der Waals surface area contributed by atoms with Crippen molar-refractivity contribution < 1.29 is 22.7 Å². The van der Waals surface area contributed by atoms with Gasteiger partial charge in [-0.25, -0.2) is 0 Å². The van der Waals surface area contributed by atoms with E-state index < -0.39 is 11.7 Å². The van der Waals surface area contributed by atoms with Crippen LogP contribution in [-0.2, 0) is 22.1 Å². The summed E-state index contributed by atoms with van der Waals surface area (Å²) in [5.74, 6) is 0.109. The number of rotatable bonds is 5. The van der Waals surface area contributed by atoms with E-state index in [1.165, 1.54) is 12.1 Å². The monoisotopic (exact) mass is 315 g/mol. The van der Waals surface area contributed by atoms with Crippen LogP contribution in [0.2, 0.25) is 0 Å². The molecule has 3 nitrogen and oxygen atoms in total. The van der Waals surface area contributed by atoms with E-state index >= 15 is 0 Å². The molecular formula is C16H20F3NO2. The van der Waals surface area contributed by atoms with Gasteiger partial charge in [-0.2, -0.15) is 13.2 Å². The number of aryl methyl sites for hydroxylation is 1. The van der Waals surface area contributed by atoms with Crippen LogP contribution in [0.15, 0.2) is 18.2 Å². The highest BCUT2D eigenvalue weighted by Crippen LogP contribution is 2.32. The first-order valence-corrected chi connectivity index (χ1v) is 7.24. The molecule has 1 aromatic rings. The lowest BCUT2D eigenvalue weighted by Gasteiger charge is -2.17. The standard InChI is InChI=1S/C16H20F3NO2/c1-11-3-4-14(16(17,18)19)9-13(11)7-12-8-15(21)20(10-12)5-6-22-2/h3-4,9,12H,5-8,10H2,1-2H3. The molecule has 2 rings (SSSR count). The Bertz CT molecular complexity index is 543. The third kappa shape index (κ3) is 4.00. The molecule has 6 heteroatoms. The number of carbonyl (C=O) groups is 1. The number of hydrogen-bond donors (Lipinski definition) is 0. The van der Waals surface area contributed by atoms with Gasteiger partial charge >= 0.3 is 6.18 Å². The fraction of sp³-hybridized carbons (Fsp3) is 0.562. The van der Waals surface area contributed by atoms with Gasteiger partial charge in [-0.05, 0) is 42.5 Å². The zero-order valence-electron chi connectivity index (χ0n) is 12.7. The van der Waals surface area contributed by atoms with Crippen LogP contribution in [0.4, 0.5) is 13.2 Å². The van der Waals surface area contributed by atoms with Gasteiger partial charge in [0.05, 0.1) is 12.2 Å². The Kier molecular flexibility index (Phi) is 5.11. The number of nitrogens with zero attached hydrogens (tertiary/aromatic N) is 1. The molecule has 1 aromatic carbocycles. The van der Waals surface area contributed by atoms with E-state index in [1.807, 2.05) is 0 Å². The molecule has 1 aliphatic rings. The largest absolute Gasteiger partial charge is 0.416 e. The highest BCUT2D eigenvalue weighted by molar-refractivity contribution is 5.78. The van der Waals surface area contributed by atoms with E-state index in [9.17, 15) is 18.0 Å². The Morgan fingerprint density at radius 1 is 1.36 bits per heavy atom. The topological polar surface area (TPSA) is 29.5 Å². The van der Waals surface area contributed by atoms with Gasteiger partial charge in [0.15, 0.2) is 0 Å². The van der Waals surface area contributed by atoms with Crippen molar-refractivity contribution in [2.45, 2.75) is 25.9 Å². The predicted octanol–water partition coefficient (Wildman–Crippen LogP) is 3.05. The molecular weight excluding hydrogens is 295 g/mol. The van der Waals surface area contributed by atoms with Crippen molar-refractivity contribution in [3.05, 3.63) is 34.9 Å². The average Bonchev–Trinajstić information content (AvgIpc) is 2.77. The Labute approximate surface area is 128 Å². The van der Waals surface area contributed by atoms with E-state index in [4.69, 9.17) is 4.74 Å². The van der Waals surface area contributed by atoms with Crippen molar-refractivity contribution in [1.82, 2.24) is 4.90 Å². The van der Waals surface area contributed by atoms with Crippen molar-refractivity contribution in [3.8, 4) is 0 Å². The van der Waals surface area contributed by atoms with Crippen LogP contribution in [-0.4, -0.2) is 37.6 Å². The molecule has 0 N–H and O–H groups in total. The number of hydrogen-bond acceptors (Lipinski definition) is 2. The van der Waals surface area contributed by atoms with E-state index in [0.717, 1.165) is 11.6 Å². The summed E-state index contributed by atoms with van der Waals surface area (Å²) in [6.07, 6.45) is -3.46. The lowest BCUT2D eigenvalue weighted by atomic mass is 9.94. The summed E-state index contributed by atoms with van der Waals surface area (Å²) in [6, 6.07) is 3.80. The van der Waals surface area contributed by atoms with E-state index in [2.05, 4.69) is 0 Å². The van der Waals surface area contributed by atoms with Gasteiger partial charge in [0, 0.05) is 26.6 Å². The Balaban J connectivity index is 2.07. The zero-order chi connectivity index (χ0) is 16.3. The number of methoxy groups -OCH3 is 1. The summed E-state index contributed by atoms with van der Waals surface area (Å²) < 4.78 is 43.4. The molecule has 22 heavy (non-hydrogen) atoms. The van der Waals surface area contributed by atoms with Crippen LogP contribution in [0.3, 0.4) is 0 Å². The smallest absolute Gasteiger partial charge is 0.383 e. The van der Waals surface area contributed by atoms with Crippen LogP contribution in [0.25, 0.3) is 0 Å². The molecule has 0 aromatic heterocycles. The molecule has 122 valence electrons. The summed E-state index contributed by atoms with van der Waals surface area (Å²) >= 11 is 0. The van der Waals surface area contributed by atoms with Crippen molar-refractivity contribution in [3.63, 3.8) is 0 Å². The fourth-order valence-corrected chi connectivity index (χ4v) is 2.79. The normalized spacial score (nSPS) is 19.0. The van der Waals surface area contributed by atoms with Gasteiger partial charge < -0.3 is 9.64 Å². The molecule has 0 spiro atoms. The number of alkyl halides is 3. The second-order valence-electron chi connectivity index (χ2n) is 5.75. The number of halogens is 3. The first-order valence-electron chi connectivity index (χ1n) is 7.24. The maximum Gasteiger partial charge on any atom is 0.416 e. The summed E-state index contributed by atoms with van der Waals surface area (Å²) in [4.78, 5) is 13.6. The van der Waals surface area contributed by atoms with Crippen LogP contribution < -0.4 is 0 Å². The average molecular weight is 315 g/mol. The summed E-state index contributed by atoms with van der Waals surface area (Å²) in [5.41, 5.74) is 0.866. The van der Waals surface area contributed by atoms with E-state index in [0.29, 0.717) is 38.1 Å². The molecule has 0 radical (unpaired) electrons. The summed E-state index contributed by atoms with van der Waals surface area (Å²) in [5, 5.41) is 0. The molecule has 1 amide bonds. The molecule has 1 unspecified atom stereocenters. The summed E-state index contributed by atoms with van der Waals surface area (Å²) in [7, 11) is 1.57. The molecule has 1 saturated heterocycles. The van der Waals surface area contributed by atoms with Crippen molar-refractivity contribution >= 4 is 5.91 Å². The number of benzene rings is 1. The van der Waals surface area contributed by atoms with Crippen LogP contribution in [0, 0.1) is 12.8 Å². The van der Waals surface area contributed by atoms with Gasteiger partial charge in [-0.15, -0.1) is 0 Å². The molecule has 1 fully saturated rings. The molecule has 0 aliphatic carbocycles. The SMILES string of the molecule is COCCN1CC(Cc2cc(C(F)(F)F)ccc2C)CC1=O. The molecule has 1 heterocycles. The van der Waals surface area contributed by atoms with Gasteiger partial charge in [0.1, 0.15) is 0 Å². The van der Waals surface area contributed by atoms with Crippen molar-refractivity contribution in [2.24, 2.45) is 5.92 Å². The van der Waals surface area contributed by atoms with Gasteiger partial charge in [0.25, 0.3) is 0 Å². The number of likely N-dealkylation sites (tertiary alicyclic amines) is 1. The minimum Gasteiger partial charge on any atom is -0.383 e. The quantitative estimate of drug-likeness (QED) is 0.836. The minimum atomic E-state index is -4.33. The van der Waals surface area contributed by atoms with Gasteiger partial charge in [-0.1, -0.05) is 6.07 Å². The number of carbonyl (C=O) groups excluding carboxylic acids is 1. The van der Waals surface area contributed by atoms with E-state index in [1.54, 1.807) is 18.9 Å². The highest BCUT2D eigenvalue weighted by Gasteiger charge is 2.32. The second-order valence-corrected chi connectivity index (χ2v) is 5.75. The third-order valence-corrected chi connectivity index (χ3v) is 4.04. The Hall–Kier alpha value is -1.56. The lowest BCUT2D eigenvalue weighted by molar-refractivity contribution is -0.137. The number of ether oxygens (including phenoxy) is 1. The Morgan fingerprint density at radius 2 is 2.09 bits per heavy atom. The lowest BCUT2D eigenvalue weighted by Crippen LogP contribution is -2.29. The maximum atomic E-state index is 12.8. The van der Waals surface area contributed by atoms with E-state index in [-0.39, 0.29) is 11.8 Å². The number of amides is 1. The van der Waals surface area contributed by atoms with Crippen LogP contribution in [0.1, 0.15) is 23.1 Å². The molecule has 1 atom stereocenters. The fourth-order valence-electron chi connectivity index (χ4n) is 2.79. The Morgan fingerprint density at radius 3 is 2.73 bits per heavy atom. The third-order valence-electron chi connectivity index (χ3n) is 4.04. The predicted molar refractivity (Wildman–Crippen MR) is 76.4 cm³/mol. The molecule has 1 aliphatic heterocycles. The first-order chi connectivity index (χ1) is 10.3. The van der Waals surface area contributed by atoms with Crippen molar-refractivity contribution in [1.29, 1.82) is 0 Å². The molecule has 0 bridgehead atoms. The highest BCUT2D eigenvalue weighted by atomic mass is 19.4. The van der Waals surface area contributed by atoms with Gasteiger partial charge in [-0.3, -0.25) is 4.79 Å². The summed E-state index contributed by atoms with van der Waals surface area (Å²) in [6.45, 7) is 3.39. The van der Waals surface area contributed by atoms with Crippen molar-refractivity contribution in [2.75, 3.05) is 26.8 Å². The van der Waals surface area contributed by atoms with Crippen LogP contribution in [0.5, 0.6) is 0 Å². The van der Waals surface area contributed by atoms with Gasteiger partial charge in [0.2, 0.25) is 5.91 Å².